The number of benzene rings is 7. The molecule has 0 unspecified atom stereocenters. The molecule has 0 N–H and O–H groups in total. The predicted octanol–water partition coefficient (Wildman–Crippen LogP) is 13.4. The summed E-state index contributed by atoms with van der Waals surface area (Å²) in [6.07, 6.45) is 0. The third kappa shape index (κ3) is 3.63. The summed E-state index contributed by atoms with van der Waals surface area (Å²) in [4.78, 5) is 0. The topological polar surface area (TPSA) is 26.3 Å². The van der Waals surface area contributed by atoms with Crippen molar-refractivity contribution in [3.8, 4) is 44.5 Å². The first-order chi connectivity index (χ1) is 24.3. The number of furan rings is 2. The van der Waals surface area contributed by atoms with Gasteiger partial charge in [0.2, 0.25) is 0 Å². The van der Waals surface area contributed by atoms with Crippen molar-refractivity contribution < 1.29 is 8.83 Å². The van der Waals surface area contributed by atoms with Crippen LogP contribution in [0.2, 0.25) is 0 Å². The molecule has 0 bridgehead atoms. The zero-order valence-electron chi connectivity index (χ0n) is 28.5. The van der Waals surface area contributed by atoms with E-state index in [4.69, 9.17) is 8.83 Å². The van der Waals surface area contributed by atoms with Crippen LogP contribution < -0.4 is 0 Å². The predicted molar refractivity (Wildman–Crippen MR) is 207 cm³/mol. The molecular weight excluding hydrogens is 609 g/mol. The van der Waals surface area contributed by atoms with Crippen molar-refractivity contribution in [1.82, 2.24) is 0 Å². The largest absolute Gasteiger partial charge is 0.456 e. The van der Waals surface area contributed by atoms with Gasteiger partial charge < -0.3 is 8.83 Å². The second kappa shape index (κ2) is 9.43. The first-order valence-electron chi connectivity index (χ1n) is 17.6. The van der Waals surface area contributed by atoms with Crippen LogP contribution in [0, 0.1) is 0 Å². The van der Waals surface area contributed by atoms with Crippen LogP contribution in [-0.4, -0.2) is 0 Å². The fraction of sp³-hybridized carbons (Fsp3) is 0.125. The Morgan fingerprint density at radius 2 is 0.680 bits per heavy atom. The van der Waals surface area contributed by atoms with Gasteiger partial charge in [-0.2, -0.15) is 0 Å². The highest BCUT2D eigenvalue weighted by Crippen LogP contribution is 2.51. The van der Waals surface area contributed by atoms with E-state index in [2.05, 4.69) is 161 Å². The third-order valence-electron chi connectivity index (χ3n) is 11.9. The van der Waals surface area contributed by atoms with Crippen LogP contribution in [0.5, 0.6) is 0 Å². The average molecular weight is 643 g/mol. The van der Waals surface area contributed by atoms with Crippen LogP contribution >= 0.6 is 0 Å². The van der Waals surface area contributed by atoms with Gasteiger partial charge in [-0.05, 0) is 115 Å². The van der Waals surface area contributed by atoms with E-state index < -0.39 is 0 Å². The Morgan fingerprint density at radius 3 is 1.14 bits per heavy atom. The summed E-state index contributed by atoms with van der Waals surface area (Å²) in [5.41, 5.74) is 19.2. The molecule has 9 aromatic rings. The molecular formula is C48H34O2. The molecule has 2 aromatic heterocycles. The molecule has 0 saturated carbocycles. The summed E-state index contributed by atoms with van der Waals surface area (Å²) >= 11 is 0. The van der Waals surface area contributed by atoms with Gasteiger partial charge in [0.1, 0.15) is 22.3 Å². The molecule has 2 aliphatic rings. The molecule has 0 aliphatic heterocycles. The minimum atomic E-state index is -0.0376. The van der Waals surface area contributed by atoms with Crippen molar-refractivity contribution in [2.75, 3.05) is 0 Å². The first kappa shape index (κ1) is 28.0. The van der Waals surface area contributed by atoms with Crippen LogP contribution in [-0.2, 0) is 10.8 Å². The smallest absolute Gasteiger partial charge is 0.136 e. The highest BCUT2D eigenvalue weighted by molar-refractivity contribution is 6.15. The standard InChI is InChI=1S/C48H34O2/c1-47(2)39-11-7-5-9-31(39)33-17-13-29(23-41(33)47)27-15-19-43-35(21-27)37-25-46-38(26-45(37)49-43)36-22-28(16-20-44(36)50-46)30-14-18-34-32-10-6-8-12-40(32)48(3,4)42(34)24-30/h5-26H,1-4H3. The van der Waals surface area contributed by atoms with E-state index in [1.54, 1.807) is 0 Å². The summed E-state index contributed by atoms with van der Waals surface area (Å²) in [7, 11) is 0. The normalized spacial score (nSPS) is 15.1. The Labute approximate surface area is 290 Å². The van der Waals surface area contributed by atoms with E-state index in [0.717, 1.165) is 43.9 Å². The quantitative estimate of drug-likeness (QED) is 0.188. The molecule has 7 aromatic carbocycles. The number of rotatable bonds is 2. The molecule has 0 saturated heterocycles. The number of hydrogen-bond acceptors (Lipinski definition) is 2. The van der Waals surface area contributed by atoms with Gasteiger partial charge in [-0.25, -0.2) is 0 Å². The Bertz CT molecular complexity index is 2730. The number of hydrogen-bond donors (Lipinski definition) is 0. The van der Waals surface area contributed by atoms with Gasteiger partial charge in [0, 0.05) is 32.4 Å². The maximum atomic E-state index is 6.50. The van der Waals surface area contributed by atoms with E-state index in [0.29, 0.717) is 0 Å². The van der Waals surface area contributed by atoms with Crippen LogP contribution in [0.25, 0.3) is 88.4 Å². The summed E-state index contributed by atoms with van der Waals surface area (Å²) in [5.74, 6) is 0. The average Bonchev–Trinajstić information content (AvgIpc) is 3.82. The summed E-state index contributed by atoms with van der Waals surface area (Å²) < 4.78 is 13.0. The fourth-order valence-electron chi connectivity index (χ4n) is 9.17. The second-order valence-electron chi connectivity index (χ2n) is 15.3. The Kier molecular flexibility index (Phi) is 5.28. The highest BCUT2D eigenvalue weighted by atomic mass is 16.3. The van der Waals surface area contributed by atoms with Crippen molar-refractivity contribution in [2.45, 2.75) is 38.5 Å². The number of fused-ring (bicyclic) bond motifs is 12. The van der Waals surface area contributed by atoms with E-state index in [-0.39, 0.29) is 10.8 Å². The van der Waals surface area contributed by atoms with Crippen LogP contribution in [0.3, 0.4) is 0 Å². The Morgan fingerprint density at radius 1 is 0.320 bits per heavy atom. The Hall–Kier alpha value is -5.86. The van der Waals surface area contributed by atoms with Crippen molar-refractivity contribution in [3.05, 3.63) is 156 Å². The molecule has 0 amide bonds. The van der Waals surface area contributed by atoms with Crippen molar-refractivity contribution in [2.24, 2.45) is 0 Å². The van der Waals surface area contributed by atoms with Crippen molar-refractivity contribution >= 4 is 43.9 Å². The van der Waals surface area contributed by atoms with E-state index >= 15 is 0 Å². The molecule has 50 heavy (non-hydrogen) atoms. The van der Waals surface area contributed by atoms with Gasteiger partial charge in [0.05, 0.1) is 0 Å². The summed E-state index contributed by atoms with van der Waals surface area (Å²) in [5, 5.41) is 4.35. The summed E-state index contributed by atoms with van der Waals surface area (Å²) in [6.45, 7) is 9.34. The monoisotopic (exact) mass is 642 g/mol. The second-order valence-corrected chi connectivity index (χ2v) is 15.3. The molecule has 0 atom stereocenters. The molecule has 238 valence electrons. The minimum absolute atomic E-state index is 0.0376. The minimum Gasteiger partial charge on any atom is -0.456 e. The van der Waals surface area contributed by atoms with Gasteiger partial charge in [-0.1, -0.05) is 113 Å². The van der Waals surface area contributed by atoms with Crippen molar-refractivity contribution in [3.63, 3.8) is 0 Å². The van der Waals surface area contributed by atoms with E-state index in [1.165, 1.54) is 66.8 Å². The van der Waals surface area contributed by atoms with Crippen LogP contribution in [0.1, 0.15) is 49.9 Å². The molecule has 2 heterocycles. The summed E-state index contributed by atoms with van der Waals surface area (Å²) in [6, 6.07) is 49.0. The molecule has 0 radical (unpaired) electrons. The zero-order valence-corrected chi connectivity index (χ0v) is 28.5. The van der Waals surface area contributed by atoms with Gasteiger partial charge in [-0.3, -0.25) is 0 Å². The molecule has 0 fully saturated rings. The third-order valence-corrected chi connectivity index (χ3v) is 11.9. The fourth-order valence-corrected chi connectivity index (χ4v) is 9.17. The van der Waals surface area contributed by atoms with E-state index in [1.807, 2.05) is 0 Å². The molecule has 2 heteroatoms. The van der Waals surface area contributed by atoms with Crippen molar-refractivity contribution in [1.29, 1.82) is 0 Å². The van der Waals surface area contributed by atoms with Gasteiger partial charge in [0.25, 0.3) is 0 Å². The lowest BCUT2D eigenvalue weighted by molar-refractivity contribution is 0.660. The zero-order chi connectivity index (χ0) is 33.5. The lowest BCUT2D eigenvalue weighted by Crippen LogP contribution is -2.14. The first-order valence-corrected chi connectivity index (χ1v) is 17.6. The van der Waals surface area contributed by atoms with Gasteiger partial charge in [-0.15, -0.1) is 0 Å². The highest BCUT2D eigenvalue weighted by Gasteiger charge is 2.36. The van der Waals surface area contributed by atoms with Crippen LogP contribution in [0.4, 0.5) is 0 Å². The van der Waals surface area contributed by atoms with Gasteiger partial charge >= 0.3 is 0 Å². The maximum absolute atomic E-state index is 6.50. The molecule has 11 rings (SSSR count). The Balaban J connectivity index is 1.01. The van der Waals surface area contributed by atoms with Crippen LogP contribution in [0.15, 0.2) is 142 Å². The lowest BCUT2D eigenvalue weighted by atomic mass is 9.81. The van der Waals surface area contributed by atoms with E-state index in [9.17, 15) is 0 Å². The molecule has 2 aliphatic carbocycles. The van der Waals surface area contributed by atoms with Gasteiger partial charge in [0.15, 0.2) is 0 Å². The SMILES string of the molecule is CC1(C)c2ccccc2-c2ccc(-c3ccc4oc5cc6c(cc5c4c3)oc3ccc(-c4ccc5c(c4)C(C)(C)c4ccccc4-5)cc36)cc21. The molecule has 0 spiro atoms. The maximum Gasteiger partial charge on any atom is 0.136 e. The lowest BCUT2D eigenvalue weighted by Gasteiger charge is -2.22. The molecule has 2 nitrogen and oxygen atoms in total.